The summed E-state index contributed by atoms with van der Waals surface area (Å²) < 4.78 is 14.8. The van der Waals surface area contributed by atoms with E-state index in [2.05, 4.69) is 17.2 Å². The number of halogens is 1. The van der Waals surface area contributed by atoms with E-state index in [9.17, 15) is 4.39 Å². The molecule has 0 spiro atoms. The highest BCUT2D eigenvalue weighted by molar-refractivity contribution is 5.35. The van der Waals surface area contributed by atoms with E-state index < -0.39 is 0 Å². The molecule has 0 unspecified atom stereocenters. The van der Waals surface area contributed by atoms with Crippen molar-refractivity contribution in [3.63, 3.8) is 0 Å². The van der Waals surface area contributed by atoms with Gasteiger partial charge in [0.1, 0.15) is 6.67 Å². The number of nitrogens with zero attached hydrogens (tertiary/aromatic N) is 4. The van der Waals surface area contributed by atoms with Crippen molar-refractivity contribution in [2.75, 3.05) is 20.8 Å². The zero-order valence-electron chi connectivity index (χ0n) is 11.5. The van der Waals surface area contributed by atoms with Gasteiger partial charge in [0.25, 0.3) is 0 Å². The molecule has 0 aliphatic carbocycles. The molecule has 4 nitrogen and oxygen atoms in total. The summed E-state index contributed by atoms with van der Waals surface area (Å²) in [6, 6.07) is 7.90. The van der Waals surface area contributed by atoms with E-state index in [0.29, 0.717) is 0 Å². The van der Waals surface area contributed by atoms with E-state index in [1.807, 2.05) is 43.3 Å². The van der Waals surface area contributed by atoms with Gasteiger partial charge in [0.05, 0.1) is 18.1 Å². The van der Waals surface area contributed by atoms with Crippen molar-refractivity contribution in [3.8, 4) is 5.69 Å². The average Bonchev–Trinajstić information content (AvgIpc) is 2.93. The lowest BCUT2D eigenvalue weighted by Gasteiger charge is -2.28. The fourth-order valence-corrected chi connectivity index (χ4v) is 2.22. The number of hydrogen-bond acceptors (Lipinski definition) is 3. The van der Waals surface area contributed by atoms with Gasteiger partial charge >= 0.3 is 0 Å². The molecule has 1 aromatic heterocycles. The molecule has 0 amide bonds. The van der Waals surface area contributed by atoms with Crippen LogP contribution in [0.2, 0.25) is 0 Å². The molecule has 0 aliphatic heterocycles. The Morgan fingerprint density at radius 3 is 2.42 bits per heavy atom. The highest BCUT2D eigenvalue weighted by Gasteiger charge is 2.20. The predicted octanol–water partition coefficient (Wildman–Crippen LogP) is 2.27. The third kappa shape index (κ3) is 2.98. The highest BCUT2D eigenvalue weighted by Crippen LogP contribution is 2.23. The zero-order valence-corrected chi connectivity index (χ0v) is 11.5. The molecule has 0 saturated heterocycles. The zero-order chi connectivity index (χ0) is 13.8. The van der Waals surface area contributed by atoms with E-state index in [1.165, 1.54) is 0 Å². The predicted molar refractivity (Wildman–Crippen MR) is 73.2 cm³/mol. The van der Waals surface area contributed by atoms with Gasteiger partial charge in [0, 0.05) is 6.04 Å². The molecule has 19 heavy (non-hydrogen) atoms. The molecule has 0 bridgehead atoms. The summed E-state index contributed by atoms with van der Waals surface area (Å²) >= 11 is 0. The molecular formula is C14H19FN4. The molecule has 2 atom stereocenters. The number of aromatic nitrogens is 3. The summed E-state index contributed by atoms with van der Waals surface area (Å²) in [4.78, 5) is 1.93. The summed E-state index contributed by atoms with van der Waals surface area (Å²) in [5.74, 6) is 0.143. The van der Waals surface area contributed by atoms with Crippen LogP contribution in [0, 0.1) is 0 Å². The van der Waals surface area contributed by atoms with Gasteiger partial charge in [-0.25, -0.2) is 9.07 Å². The molecule has 2 aromatic rings. The smallest absolute Gasteiger partial charge is 0.105 e. The summed E-state index contributed by atoms with van der Waals surface area (Å²) in [7, 11) is 3.81. The van der Waals surface area contributed by atoms with Crippen LogP contribution in [-0.4, -0.2) is 46.7 Å². The van der Waals surface area contributed by atoms with E-state index in [4.69, 9.17) is 0 Å². The number of hydrogen-bond donors (Lipinski definition) is 0. The maximum Gasteiger partial charge on any atom is 0.105 e. The van der Waals surface area contributed by atoms with E-state index >= 15 is 0 Å². The average molecular weight is 262 g/mol. The first-order valence-electron chi connectivity index (χ1n) is 6.32. The van der Waals surface area contributed by atoms with Crippen molar-refractivity contribution < 1.29 is 4.39 Å². The Hall–Kier alpha value is -1.75. The molecule has 0 saturated carbocycles. The first kappa shape index (κ1) is 13.7. The molecule has 0 N–H and O–H groups in total. The minimum Gasteiger partial charge on any atom is -0.303 e. The first-order valence-corrected chi connectivity index (χ1v) is 6.32. The van der Waals surface area contributed by atoms with Crippen LogP contribution in [0.5, 0.6) is 0 Å². The lowest BCUT2D eigenvalue weighted by molar-refractivity contribution is 0.212. The lowest BCUT2D eigenvalue weighted by Crippen LogP contribution is -2.34. The third-order valence-corrected chi connectivity index (χ3v) is 3.50. The second-order valence-electron chi connectivity index (χ2n) is 4.91. The highest BCUT2D eigenvalue weighted by atomic mass is 19.1. The third-order valence-electron chi connectivity index (χ3n) is 3.50. The van der Waals surface area contributed by atoms with Crippen LogP contribution in [0.25, 0.3) is 5.69 Å². The monoisotopic (exact) mass is 262 g/mol. The molecule has 1 aromatic carbocycles. The molecule has 0 radical (unpaired) electrons. The lowest BCUT2D eigenvalue weighted by atomic mass is 9.93. The van der Waals surface area contributed by atoms with Gasteiger partial charge < -0.3 is 4.90 Å². The second kappa shape index (κ2) is 5.93. The summed E-state index contributed by atoms with van der Waals surface area (Å²) in [5, 5.41) is 7.72. The van der Waals surface area contributed by atoms with Crippen LogP contribution in [0.15, 0.2) is 36.7 Å². The number of benzene rings is 1. The van der Waals surface area contributed by atoms with Crippen LogP contribution in [0.4, 0.5) is 4.39 Å². The quantitative estimate of drug-likeness (QED) is 0.829. The van der Waals surface area contributed by atoms with Crippen molar-refractivity contribution in [2.24, 2.45) is 0 Å². The van der Waals surface area contributed by atoms with Gasteiger partial charge in [-0.3, -0.25) is 0 Å². The largest absolute Gasteiger partial charge is 0.303 e. The topological polar surface area (TPSA) is 34.0 Å². The summed E-state index contributed by atoms with van der Waals surface area (Å²) in [6.07, 6.45) is 3.43. The molecule has 5 heteroatoms. The molecule has 2 rings (SSSR count). The Morgan fingerprint density at radius 2 is 1.95 bits per heavy atom. The van der Waals surface area contributed by atoms with Gasteiger partial charge in [-0.15, -0.1) is 5.10 Å². The van der Waals surface area contributed by atoms with Crippen LogP contribution < -0.4 is 0 Å². The van der Waals surface area contributed by atoms with Gasteiger partial charge in [0.2, 0.25) is 0 Å². The van der Waals surface area contributed by atoms with Crippen molar-refractivity contribution in [1.29, 1.82) is 0 Å². The van der Waals surface area contributed by atoms with Crippen LogP contribution in [-0.2, 0) is 0 Å². The molecule has 102 valence electrons. The Kier molecular flexibility index (Phi) is 4.27. The summed E-state index contributed by atoms with van der Waals surface area (Å²) in [5.41, 5.74) is 2.08. The number of likely N-dealkylation sites (N-methyl/N-ethyl adjacent to an activating group) is 1. The van der Waals surface area contributed by atoms with Crippen molar-refractivity contribution in [2.45, 2.75) is 18.9 Å². The minimum absolute atomic E-state index is 0.0998. The van der Waals surface area contributed by atoms with Crippen LogP contribution in [0.3, 0.4) is 0 Å². The van der Waals surface area contributed by atoms with Crippen molar-refractivity contribution in [3.05, 3.63) is 42.2 Å². The van der Waals surface area contributed by atoms with Crippen molar-refractivity contribution >= 4 is 0 Å². The Labute approximate surface area is 112 Å². The van der Waals surface area contributed by atoms with Crippen molar-refractivity contribution in [1.82, 2.24) is 19.9 Å². The summed E-state index contributed by atoms with van der Waals surface area (Å²) in [6.45, 7) is 1.70. The maximum atomic E-state index is 13.1. The molecule has 1 heterocycles. The van der Waals surface area contributed by atoms with E-state index in [0.717, 1.165) is 11.3 Å². The Morgan fingerprint density at radius 1 is 1.26 bits per heavy atom. The molecule has 0 aliphatic rings. The van der Waals surface area contributed by atoms with Gasteiger partial charge in [-0.2, -0.15) is 0 Å². The second-order valence-corrected chi connectivity index (χ2v) is 4.91. The van der Waals surface area contributed by atoms with Crippen LogP contribution in [0.1, 0.15) is 18.4 Å². The minimum atomic E-state index is -0.348. The van der Waals surface area contributed by atoms with Gasteiger partial charge in [-0.1, -0.05) is 24.3 Å². The fourth-order valence-electron chi connectivity index (χ4n) is 2.22. The number of rotatable bonds is 5. The Bertz CT molecular complexity index is 493. The van der Waals surface area contributed by atoms with E-state index in [-0.39, 0.29) is 18.6 Å². The van der Waals surface area contributed by atoms with Crippen LogP contribution >= 0.6 is 0 Å². The van der Waals surface area contributed by atoms with E-state index in [1.54, 1.807) is 17.1 Å². The molecule has 0 fully saturated rings. The SMILES string of the molecule is C[C@H](c1ccc(-n2ccnn2)cc1)[C@@H](CF)N(C)C. The van der Waals surface area contributed by atoms with Gasteiger partial charge in [-0.05, 0) is 37.7 Å². The molecular weight excluding hydrogens is 243 g/mol. The maximum absolute atomic E-state index is 13.1. The normalized spacial score (nSPS) is 14.6. The Balaban J connectivity index is 2.18. The first-order chi connectivity index (χ1) is 9.13. The number of alkyl halides is 1. The fraction of sp³-hybridized carbons (Fsp3) is 0.429. The van der Waals surface area contributed by atoms with Gasteiger partial charge in [0.15, 0.2) is 0 Å². The standard InChI is InChI=1S/C14H19FN4/c1-11(14(10-15)18(2)3)12-4-6-13(7-5-12)19-9-8-16-17-19/h4-9,11,14H,10H2,1-3H3/t11-,14-/m1/s1.